The molecular weight excluding hydrogens is 340 g/mol. The van der Waals surface area contributed by atoms with E-state index >= 15 is 0 Å². The molecule has 0 bridgehead atoms. The Morgan fingerprint density at radius 1 is 1.15 bits per heavy atom. The standard InChI is InChI=1S/C21H24N4O2/c1-15-12-18(23-19-13-22-24(2)21(15)19)16-6-8-17(9-7-16)27-14-20(26)25-10-4-3-5-11-25/h6-9,12-13H,3-5,10-11,14H2,1-2H3. The molecule has 4 rings (SSSR count). The summed E-state index contributed by atoms with van der Waals surface area (Å²) in [5.74, 6) is 0.765. The van der Waals surface area contributed by atoms with Crippen molar-refractivity contribution >= 4 is 16.9 Å². The molecule has 0 N–H and O–H groups in total. The number of carbonyl (C=O) groups is 1. The molecule has 0 atom stereocenters. The Kier molecular flexibility index (Phi) is 4.79. The number of benzene rings is 1. The molecule has 27 heavy (non-hydrogen) atoms. The van der Waals surface area contributed by atoms with Crippen LogP contribution in [0.5, 0.6) is 5.75 Å². The minimum Gasteiger partial charge on any atom is -0.484 e. The zero-order chi connectivity index (χ0) is 18.8. The fourth-order valence-electron chi connectivity index (χ4n) is 3.65. The Morgan fingerprint density at radius 3 is 2.63 bits per heavy atom. The number of fused-ring (bicyclic) bond motifs is 1. The molecule has 140 valence electrons. The fraction of sp³-hybridized carbons (Fsp3) is 0.381. The monoisotopic (exact) mass is 364 g/mol. The first kappa shape index (κ1) is 17.5. The maximum Gasteiger partial charge on any atom is 0.260 e. The molecule has 0 saturated carbocycles. The molecule has 6 nitrogen and oxygen atoms in total. The van der Waals surface area contributed by atoms with E-state index in [-0.39, 0.29) is 12.5 Å². The number of hydrogen-bond donors (Lipinski definition) is 0. The lowest BCUT2D eigenvalue weighted by molar-refractivity contribution is -0.134. The van der Waals surface area contributed by atoms with Crippen LogP contribution >= 0.6 is 0 Å². The first-order chi connectivity index (χ1) is 13.1. The number of piperidine rings is 1. The van der Waals surface area contributed by atoms with Crippen molar-refractivity contribution < 1.29 is 9.53 Å². The largest absolute Gasteiger partial charge is 0.484 e. The van der Waals surface area contributed by atoms with Gasteiger partial charge in [0.05, 0.1) is 17.4 Å². The van der Waals surface area contributed by atoms with E-state index in [2.05, 4.69) is 18.1 Å². The van der Waals surface area contributed by atoms with E-state index in [0.717, 1.165) is 53.8 Å². The number of likely N-dealkylation sites (tertiary alicyclic amines) is 1. The average Bonchev–Trinajstić information content (AvgIpc) is 3.08. The predicted molar refractivity (Wildman–Crippen MR) is 105 cm³/mol. The number of nitrogens with zero attached hydrogens (tertiary/aromatic N) is 4. The second kappa shape index (κ2) is 7.39. The highest BCUT2D eigenvalue weighted by atomic mass is 16.5. The molecular formula is C21H24N4O2. The van der Waals surface area contributed by atoms with Gasteiger partial charge in [0.15, 0.2) is 6.61 Å². The van der Waals surface area contributed by atoms with Gasteiger partial charge < -0.3 is 9.64 Å². The van der Waals surface area contributed by atoms with Crippen molar-refractivity contribution in [1.82, 2.24) is 19.7 Å². The minimum atomic E-state index is 0.0677. The molecule has 1 fully saturated rings. The van der Waals surface area contributed by atoms with Crippen LogP contribution in [0.3, 0.4) is 0 Å². The van der Waals surface area contributed by atoms with Crippen molar-refractivity contribution in [3.63, 3.8) is 0 Å². The van der Waals surface area contributed by atoms with Crippen LogP contribution in [0.2, 0.25) is 0 Å². The van der Waals surface area contributed by atoms with Crippen molar-refractivity contribution in [3.8, 4) is 17.0 Å². The Morgan fingerprint density at radius 2 is 1.89 bits per heavy atom. The third-order valence-electron chi connectivity index (χ3n) is 5.11. The van der Waals surface area contributed by atoms with Crippen molar-refractivity contribution in [2.75, 3.05) is 19.7 Å². The van der Waals surface area contributed by atoms with Gasteiger partial charge >= 0.3 is 0 Å². The molecule has 1 saturated heterocycles. The molecule has 3 aromatic rings. The Hall–Kier alpha value is -2.89. The second-order valence-corrected chi connectivity index (χ2v) is 7.08. The molecule has 1 aromatic carbocycles. The smallest absolute Gasteiger partial charge is 0.260 e. The SMILES string of the molecule is Cc1cc(-c2ccc(OCC(=O)N3CCCCC3)cc2)nc2cnn(C)c12. The lowest BCUT2D eigenvalue weighted by Crippen LogP contribution is -2.38. The first-order valence-corrected chi connectivity index (χ1v) is 9.42. The average molecular weight is 364 g/mol. The summed E-state index contributed by atoms with van der Waals surface area (Å²) in [7, 11) is 1.92. The number of carbonyl (C=O) groups excluding carboxylic acids is 1. The van der Waals surface area contributed by atoms with Gasteiger partial charge in [0, 0.05) is 25.7 Å². The summed E-state index contributed by atoms with van der Waals surface area (Å²) in [6, 6.07) is 9.81. The Labute approximate surface area is 158 Å². The van der Waals surface area contributed by atoms with Gasteiger partial charge in [-0.15, -0.1) is 0 Å². The van der Waals surface area contributed by atoms with E-state index in [1.165, 1.54) is 6.42 Å². The molecule has 0 radical (unpaired) electrons. The first-order valence-electron chi connectivity index (χ1n) is 9.42. The molecule has 1 aliphatic rings. The summed E-state index contributed by atoms with van der Waals surface area (Å²) in [6.45, 7) is 3.86. The number of pyridine rings is 1. The van der Waals surface area contributed by atoms with Crippen molar-refractivity contribution in [2.45, 2.75) is 26.2 Å². The highest BCUT2D eigenvalue weighted by Gasteiger charge is 2.16. The highest BCUT2D eigenvalue weighted by molar-refractivity contribution is 5.81. The zero-order valence-corrected chi connectivity index (χ0v) is 15.8. The molecule has 2 aromatic heterocycles. The van der Waals surface area contributed by atoms with Gasteiger partial charge in [0.1, 0.15) is 11.3 Å². The van der Waals surface area contributed by atoms with Crippen LogP contribution in [-0.2, 0) is 11.8 Å². The molecule has 6 heteroatoms. The summed E-state index contributed by atoms with van der Waals surface area (Å²) in [5.41, 5.74) is 5.00. The van der Waals surface area contributed by atoms with Gasteiger partial charge in [-0.2, -0.15) is 5.10 Å². The normalized spacial score (nSPS) is 14.5. The van der Waals surface area contributed by atoms with Gasteiger partial charge in [0.2, 0.25) is 0 Å². The summed E-state index contributed by atoms with van der Waals surface area (Å²) in [5, 5.41) is 4.28. The van der Waals surface area contributed by atoms with Gasteiger partial charge in [-0.3, -0.25) is 9.48 Å². The van der Waals surface area contributed by atoms with Crippen LogP contribution in [0.15, 0.2) is 36.5 Å². The van der Waals surface area contributed by atoms with E-state index in [4.69, 9.17) is 9.72 Å². The maximum atomic E-state index is 12.2. The molecule has 0 spiro atoms. The van der Waals surface area contributed by atoms with E-state index in [9.17, 15) is 4.79 Å². The number of aryl methyl sites for hydroxylation is 2. The van der Waals surface area contributed by atoms with Gasteiger partial charge in [-0.05, 0) is 62.1 Å². The van der Waals surface area contributed by atoms with Crippen LogP contribution < -0.4 is 4.74 Å². The van der Waals surface area contributed by atoms with E-state index in [1.54, 1.807) is 6.20 Å². The van der Waals surface area contributed by atoms with E-state index in [1.807, 2.05) is 40.9 Å². The maximum absolute atomic E-state index is 12.2. The molecule has 0 unspecified atom stereocenters. The van der Waals surface area contributed by atoms with Crippen molar-refractivity contribution in [1.29, 1.82) is 0 Å². The summed E-state index contributed by atoms with van der Waals surface area (Å²) in [4.78, 5) is 18.8. The predicted octanol–water partition coefficient (Wildman–Crippen LogP) is 3.34. The van der Waals surface area contributed by atoms with Crippen LogP contribution in [0.1, 0.15) is 24.8 Å². The molecule has 1 amide bonds. The zero-order valence-electron chi connectivity index (χ0n) is 15.8. The van der Waals surface area contributed by atoms with Crippen molar-refractivity contribution in [3.05, 3.63) is 42.1 Å². The molecule has 1 aliphatic heterocycles. The third-order valence-corrected chi connectivity index (χ3v) is 5.11. The lowest BCUT2D eigenvalue weighted by Gasteiger charge is -2.26. The van der Waals surface area contributed by atoms with Crippen molar-refractivity contribution in [2.24, 2.45) is 7.05 Å². The third kappa shape index (κ3) is 3.65. The summed E-state index contributed by atoms with van der Waals surface area (Å²) in [6.07, 6.45) is 5.18. The van der Waals surface area contributed by atoms with Crippen LogP contribution in [0, 0.1) is 6.92 Å². The second-order valence-electron chi connectivity index (χ2n) is 7.08. The van der Waals surface area contributed by atoms with Gasteiger partial charge in [-0.25, -0.2) is 4.98 Å². The molecule has 0 aliphatic carbocycles. The van der Waals surface area contributed by atoms with Crippen LogP contribution in [-0.4, -0.2) is 45.3 Å². The fourth-order valence-corrected chi connectivity index (χ4v) is 3.65. The van der Waals surface area contributed by atoms with Crippen LogP contribution in [0.25, 0.3) is 22.3 Å². The minimum absolute atomic E-state index is 0.0677. The summed E-state index contributed by atoms with van der Waals surface area (Å²) >= 11 is 0. The summed E-state index contributed by atoms with van der Waals surface area (Å²) < 4.78 is 7.53. The topological polar surface area (TPSA) is 60.2 Å². The van der Waals surface area contributed by atoms with E-state index < -0.39 is 0 Å². The van der Waals surface area contributed by atoms with Crippen LogP contribution in [0.4, 0.5) is 0 Å². The lowest BCUT2D eigenvalue weighted by atomic mass is 10.1. The number of amides is 1. The van der Waals surface area contributed by atoms with Gasteiger partial charge in [-0.1, -0.05) is 0 Å². The number of ether oxygens (including phenoxy) is 1. The quantitative estimate of drug-likeness (QED) is 0.712. The number of hydrogen-bond acceptors (Lipinski definition) is 4. The molecule has 3 heterocycles. The van der Waals surface area contributed by atoms with E-state index in [0.29, 0.717) is 5.75 Å². The number of rotatable bonds is 4. The highest BCUT2D eigenvalue weighted by Crippen LogP contribution is 2.25. The van der Waals surface area contributed by atoms with Gasteiger partial charge in [0.25, 0.3) is 5.91 Å². The Balaban J connectivity index is 1.45. The number of aromatic nitrogens is 3. The Bertz CT molecular complexity index is 956.